The average molecular weight is 250 g/mol. The second-order valence-corrected chi connectivity index (χ2v) is 3.95. The number of fused-ring (bicyclic) bond motifs is 1. The molecule has 0 bridgehead atoms. The second kappa shape index (κ2) is 4.42. The lowest BCUT2D eigenvalue weighted by atomic mass is 10.0. The van der Waals surface area contributed by atoms with E-state index in [-0.39, 0.29) is 0 Å². The molecule has 19 heavy (non-hydrogen) atoms. The minimum atomic E-state index is 0.334. The Labute approximate surface area is 109 Å². The summed E-state index contributed by atoms with van der Waals surface area (Å²) in [4.78, 5) is 11.3. The number of pyridine rings is 2. The van der Waals surface area contributed by atoms with Crippen molar-refractivity contribution in [3.63, 3.8) is 0 Å². The van der Waals surface area contributed by atoms with Gasteiger partial charge in [0.05, 0.1) is 7.11 Å². The molecule has 0 aliphatic heterocycles. The first-order valence-corrected chi connectivity index (χ1v) is 5.70. The molecular formula is C14H10N4O. The Morgan fingerprint density at radius 1 is 1.16 bits per heavy atom. The van der Waals surface area contributed by atoms with E-state index in [1.54, 1.807) is 12.4 Å². The summed E-state index contributed by atoms with van der Waals surface area (Å²) in [7, 11) is 1.51. The Kier molecular flexibility index (Phi) is 2.62. The summed E-state index contributed by atoms with van der Waals surface area (Å²) in [5.74, 6) is 0.334. The summed E-state index contributed by atoms with van der Waals surface area (Å²) < 4.78 is 5.13. The number of hydrogen-bond acceptors (Lipinski definition) is 4. The summed E-state index contributed by atoms with van der Waals surface area (Å²) in [6.45, 7) is 0. The number of rotatable bonds is 2. The molecule has 0 aromatic carbocycles. The molecule has 0 saturated heterocycles. The van der Waals surface area contributed by atoms with Gasteiger partial charge in [0.15, 0.2) is 0 Å². The fraction of sp³-hybridized carbons (Fsp3) is 0.0714. The van der Waals surface area contributed by atoms with E-state index >= 15 is 0 Å². The Morgan fingerprint density at radius 3 is 2.74 bits per heavy atom. The first-order valence-electron chi connectivity index (χ1n) is 5.70. The SMILES string of the molecule is COc1nccc(-c2ccnc3[nH]ccc23)c1C#N. The third-order valence-electron chi connectivity index (χ3n) is 2.97. The van der Waals surface area contributed by atoms with Gasteiger partial charge in [0, 0.05) is 29.5 Å². The first-order chi connectivity index (χ1) is 9.35. The highest BCUT2D eigenvalue weighted by atomic mass is 16.5. The zero-order chi connectivity index (χ0) is 13.2. The monoisotopic (exact) mass is 250 g/mol. The van der Waals surface area contributed by atoms with Crippen LogP contribution in [0.4, 0.5) is 0 Å². The zero-order valence-electron chi connectivity index (χ0n) is 10.2. The van der Waals surface area contributed by atoms with Crippen LogP contribution in [-0.2, 0) is 0 Å². The number of nitrogens with zero attached hydrogens (tertiary/aromatic N) is 3. The molecule has 92 valence electrons. The zero-order valence-corrected chi connectivity index (χ0v) is 10.2. The van der Waals surface area contributed by atoms with Gasteiger partial charge in [-0.1, -0.05) is 0 Å². The Bertz CT molecular complexity index is 785. The lowest BCUT2D eigenvalue weighted by Crippen LogP contribution is -1.95. The van der Waals surface area contributed by atoms with Crippen molar-refractivity contribution in [2.45, 2.75) is 0 Å². The topological polar surface area (TPSA) is 74.6 Å². The Hall–Kier alpha value is -2.87. The predicted molar refractivity (Wildman–Crippen MR) is 70.6 cm³/mol. The van der Waals surface area contributed by atoms with Crippen molar-refractivity contribution >= 4 is 11.0 Å². The van der Waals surface area contributed by atoms with Crippen LogP contribution in [0.3, 0.4) is 0 Å². The van der Waals surface area contributed by atoms with Crippen LogP contribution in [0, 0.1) is 11.3 Å². The fourth-order valence-electron chi connectivity index (χ4n) is 2.13. The van der Waals surface area contributed by atoms with Gasteiger partial charge in [0.25, 0.3) is 0 Å². The van der Waals surface area contributed by atoms with Crippen molar-refractivity contribution in [3.05, 3.63) is 42.4 Å². The van der Waals surface area contributed by atoms with Gasteiger partial charge in [-0.05, 0) is 23.8 Å². The van der Waals surface area contributed by atoms with Crippen LogP contribution in [0.5, 0.6) is 5.88 Å². The number of methoxy groups -OCH3 is 1. The molecule has 0 aliphatic rings. The van der Waals surface area contributed by atoms with E-state index in [2.05, 4.69) is 21.0 Å². The quantitative estimate of drug-likeness (QED) is 0.758. The largest absolute Gasteiger partial charge is 0.480 e. The van der Waals surface area contributed by atoms with E-state index in [1.807, 2.05) is 24.4 Å². The molecule has 1 N–H and O–H groups in total. The highest BCUT2D eigenvalue weighted by Crippen LogP contribution is 2.32. The van der Waals surface area contributed by atoms with Gasteiger partial charge in [0.1, 0.15) is 17.3 Å². The van der Waals surface area contributed by atoms with Gasteiger partial charge in [-0.25, -0.2) is 9.97 Å². The molecule has 0 unspecified atom stereocenters. The van der Waals surface area contributed by atoms with Gasteiger partial charge in [-0.2, -0.15) is 5.26 Å². The lowest BCUT2D eigenvalue weighted by Gasteiger charge is -2.08. The third kappa shape index (κ3) is 1.70. The fourth-order valence-corrected chi connectivity index (χ4v) is 2.13. The summed E-state index contributed by atoms with van der Waals surface area (Å²) >= 11 is 0. The molecule has 0 fully saturated rings. The van der Waals surface area contributed by atoms with Crippen molar-refractivity contribution < 1.29 is 4.74 Å². The van der Waals surface area contributed by atoms with Crippen molar-refractivity contribution in [3.8, 4) is 23.1 Å². The summed E-state index contributed by atoms with van der Waals surface area (Å²) in [6.07, 6.45) is 5.17. The molecule has 0 aliphatic carbocycles. The maximum Gasteiger partial charge on any atom is 0.232 e. The molecule has 5 nitrogen and oxygen atoms in total. The number of hydrogen-bond donors (Lipinski definition) is 1. The molecule has 0 amide bonds. The molecule has 0 radical (unpaired) electrons. The van der Waals surface area contributed by atoms with Crippen LogP contribution < -0.4 is 4.74 Å². The normalized spacial score (nSPS) is 10.3. The van der Waals surface area contributed by atoms with E-state index in [4.69, 9.17) is 4.74 Å². The van der Waals surface area contributed by atoms with Gasteiger partial charge in [0.2, 0.25) is 5.88 Å². The average Bonchev–Trinajstić information content (AvgIpc) is 2.94. The molecule has 3 aromatic rings. The number of aromatic nitrogens is 3. The van der Waals surface area contributed by atoms with E-state index < -0.39 is 0 Å². The molecule has 0 saturated carbocycles. The van der Waals surface area contributed by atoms with Gasteiger partial charge >= 0.3 is 0 Å². The lowest BCUT2D eigenvalue weighted by molar-refractivity contribution is 0.397. The molecular weight excluding hydrogens is 240 g/mol. The Morgan fingerprint density at radius 2 is 1.95 bits per heavy atom. The molecule has 0 spiro atoms. The summed E-state index contributed by atoms with van der Waals surface area (Å²) in [6, 6.07) is 7.78. The van der Waals surface area contributed by atoms with Crippen molar-refractivity contribution in [2.75, 3.05) is 7.11 Å². The van der Waals surface area contributed by atoms with Gasteiger partial charge < -0.3 is 9.72 Å². The van der Waals surface area contributed by atoms with Crippen molar-refractivity contribution in [1.29, 1.82) is 5.26 Å². The number of nitrogens with one attached hydrogen (secondary N) is 1. The molecule has 0 atom stereocenters. The minimum Gasteiger partial charge on any atom is -0.480 e. The van der Waals surface area contributed by atoms with E-state index in [9.17, 15) is 5.26 Å². The predicted octanol–water partition coefficient (Wildman–Crippen LogP) is 2.51. The van der Waals surface area contributed by atoms with Crippen LogP contribution >= 0.6 is 0 Å². The smallest absolute Gasteiger partial charge is 0.232 e. The number of ether oxygens (including phenoxy) is 1. The maximum absolute atomic E-state index is 9.32. The maximum atomic E-state index is 9.32. The van der Waals surface area contributed by atoms with E-state index in [0.29, 0.717) is 11.4 Å². The minimum absolute atomic E-state index is 0.334. The van der Waals surface area contributed by atoms with E-state index in [0.717, 1.165) is 22.2 Å². The first kappa shape index (κ1) is 11.2. The number of H-pyrrole nitrogens is 1. The van der Waals surface area contributed by atoms with Crippen LogP contribution in [-0.4, -0.2) is 22.1 Å². The molecule has 3 aromatic heterocycles. The molecule has 3 rings (SSSR count). The third-order valence-corrected chi connectivity index (χ3v) is 2.97. The van der Waals surface area contributed by atoms with Crippen molar-refractivity contribution in [1.82, 2.24) is 15.0 Å². The second-order valence-electron chi connectivity index (χ2n) is 3.95. The molecule has 5 heteroatoms. The summed E-state index contributed by atoms with van der Waals surface area (Å²) in [5, 5.41) is 10.3. The summed E-state index contributed by atoms with van der Waals surface area (Å²) in [5.41, 5.74) is 2.95. The van der Waals surface area contributed by atoms with Crippen molar-refractivity contribution in [2.24, 2.45) is 0 Å². The van der Waals surface area contributed by atoms with Crippen LogP contribution in [0.1, 0.15) is 5.56 Å². The standard InChI is InChI=1S/C14H10N4O/c1-19-14-12(8-15)10(3-7-18-14)9-2-5-16-13-11(9)4-6-17-13/h2-7H,1H3,(H,16,17). The number of nitriles is 1. The van der Waals surface area contributed by atoms with Gasteiger partial charge in [-0.15, -0.1) is 0 Å². The van der Waals surface area contributed by atoms with Gasteiger partial charge in [-0.3, -0.25) is 0 Å². The molecule has 3 heterocycles. The van der Waals surface area contributed by atoms with E-state index in [1.165, 1.54) is 7.11 Å². The van der Waals surface area contributed by atoms with Crippen LogP contribution in [0.25, 0.3) is 22.2 Å². The Balaban J connectivity index is 2.34. The highest BCUT2D eigenvalue weighted by Gasteiger charge is 2.14. The highest BCUT2D eigenvalue weighted by molar-refractivity contribution is 5.94. The number of aromatic amines is 1. The van der Waals surface area contributed by atoms with Crippen LogP contribution in [0.2, 0.25) is 0 Å². The van der Waals surface area contributed by atoms with Crippen LogP contribution in [0.15, 0.2) is 36.8 Å².